The molecule has 0 saturated heterocycles. The second-order valence-electron chi connectivity index (χ2n) is 6.06. The molecule has 1 amide bonds. The van der Waals surface area contributed by atoms with Gasteiger partial charge in [-0.3, -0.25) is 4.79 Å². The molecule has 104 valence electrons. The molecule has 0 aromatic heterocycles. The lowest BCUT2D eigenvalue weighted by atomic mass is 9.80. The Kier molecular flexibility index (Phi) is 5.04. The highest BCUT2D eigenvalue weighted by atomic mass is 16.2. The first kappa shape index (κ1) is 13.9. The summed E-state index contributed by atoms with van der Waals surface area (Å²) < 4.78 is 0. The van der Waals surface area contributed by atoms with Crippen LogP contribution in [-0.4, -0.2) is 36.5 Å². The van der Waals surface area contributed by atoms with Crippen LogP contribution in [0.5, 0.6) is 0 Å². The Balaban J connectivity index is 1.66. The Morgan fingerprint density at radius 2 is 1.94 bits per heavy atom. The van der Waals surface area contributed by atoms with Gasteiger partial charge in [-0.05, 0) is 44.6 Å². The van der Waals surface area contributed by atoms with Gasteiger partial charge in [0.05, 0.1) is 6.54 Å². The number of rotatable bonds is 6. The molecule has 2 saturated carbocycles. The van der Waals surface area contributed by atoms with Crippen molar-refractivity contribution in [2.75, 3.05) is 19.6 Å². The second-order valence-corrected chi connectivity index (χ2v) is 6.06. The van der Waals surface area contributed by atoms with Crippen molar-refractivity contribution >= 4 is 5.91 Å². The van der Waals surface area contributed by atoms with Gasteiger partial charge in [0.1, 0.15) is 0 Å². The van der Waals surface area contributed by atoms with E-state index >= 15 is 0 Å². The minimum atomic E-state index is 0.295. The normalized spacial score (nSPS) is 28.1. The summed E-state index contributed by atoms with van der Waals surface area (Å²) in [4.78, 5) is 14.1. The van der Waals surface area contributed by atoms with Crippen LogP contribution >= 0.6 is 0 Å². The third-order valence-corrected chi connectivity index (χ3v) is 4.62. The number of nitrogens with one attached hydrogen (secondary N) is 1. The van der Waals surface area contributed by atoms with Crippen LogP contribution in [0.1, 0.15) is 52.4 Å². The van der Waals surface area contributed by atoms with Crippen molar-refractivity contribution in [1.29, 1.82) is 0 Å². The lowest BCUT2D eigenvalue weighted by molar-refractivity contribution is -0.130. The van der Waals surface area contributed by atoms with E-state index in [1.807, 2.05) is 4.90 Å². The quantitative estimate of drug-likeness (QED) is 0.787. The molecule has 2 rings (SSSR count). The van der Waals surface area contributed by atoms with Crippen molar-refractivity contribution in [2.24, 2.45) is 11.8 Å². The van der Waals surface area contributed by atoms with E-state index in [9.17, 15) is 4.79 Å². The molecule has 3 nitrogen and oxygen atoms in total. The van der Waals surface area contributed by atoms with Gasteiger partial charge < -0.3 is 10.2 Å². The summed E-state index contributed by atoms with van der Waals surface area (Å²) in [6, 6.07) is 0.554. The molecule has 3 heteroatoms. The zero-order chi connectivity index (χ0) is 13.0. The molecule has 0 radical (unpaired) electrons. The zero-order valence-electron chi connectivity index (χ0n) is 12.0. The first-order valence-corrected chi connectivity index (χ1v) is 7.72. The van der Waals surface area contributed by atoms with Gasteiger partial charge in [0.2, 0.25) is 5.91 Å². The van der Waals surface area contributed by atoms with E-state index in [0.29, 0.717) is 18.5 Å². The Labute approximate surface area is 111 Å². The summed E-state index contributed by atoms with van der Waals surface area (Å²) in [7, 11) is 0. The predicted octanol–water partition coefficient (Wildman–Crippen LogP) is 2.41. The molecule has 2 unspecified atom stereocenters. The van der Waals surface area contributed by atoms with E-state index in [2.05, 4.69) is 19.2 Å². The lowest BCUT2D eigenvalue weighted by Crippen LogP contribution is -2.41. The Morgan fingerprint density at radius 3 is 2.56 bits per heavy atom. The summed E-state index contributed by atoms with van der Waals surface area (Å²) in [6.45, 7) is 6.86. The standard InChI is InChI=1S/C15H28N2O/c1-3-17(14-8-9-14)15(18)11-16-10-13-7-5-4-6-12(13)2/h12-14,16H,3-11H2,1-2H3. The average molecular weight is 252 g/mol. The smallest absolute Gasteiger partial charge is 0.236 e. The minimum absolute atomic E-state index is 0.295. The van der Waals surface area contributed by atoms with E-state index in [0.717, 1.165) is 24.9 Å². The van der Waals surface area contributed by atoms with Crippen molar-refractivity contribution in [3.63, 3.8) is 0 Å². The van der Waals surface area contributed by atoms with Gasteiger partial charge in [0, 0.05) is 12.6 Å². The largest absolute Gasteiger partial charge is 0.339 e. The number of carbonyl (C=O) groups excluding carboxylic acids is 1. The van der Waals surface area contributed by atoms with Gasteiger partial charge in [0.15, 0.2) is 0 Å². The maximum absolute atomic E-state index is 12.0. The fourth-order valence-electron chi connectivity index (χ4n) is 3.19. The lowest BCUT2D eigenvalue weighted by Gasteiger charge is -2.29. The Hall–Kier alpha value is -0.570. The SMILES string of the molecule is CCN(C(=O)CNCC1CCCCC1C)C1CC1. The molecule has 1 N–H and O–H groups in total. The van der Waals surface area contributed by atoms with Crippen LogP contribution in [0.4, 0.5) is 0 Å². The first-order chi connectivity index (χ1) is 8.72. The molecule has 2 fully saturated rings. The third-order valence-electron chi connectivity index (χ3n) is 4.62. The Bertz CT molecular complexity index is 276. The highest BCUT2D eigenvalue weighted by molar-refractivity contribution is 5.78. The van der Waals surface area contributed by atoms with E-state index in [4.69, 9.17) is 0 Å². The third kappa shape index (κ3) is 3.71. The number of amides is 1. The highest BCUT2D eigenvalue weighted by Crippen LogP contribution is 2.29. The maximum Gasteiger partial charge on any atom is 0.236 e. The van der Waals surface area contributed by atoms with Gasteiger partial charge in [0.25, 0.3) is 0 Å². The molecule has 0 bridgehead atoms. The molecular weight excluding hydrogens is 224 g/mol. The summed E-state index contributed by atoms with van der Waals surface area (Å²) in [5, 5.41) is 3.39. The van der Waals surface area contributed by atoms with Gasteiger partial charge in [-0.1, -0.05) is 26.2 Å². The van der Waals surface area contributed by atoms with Crippen molar-refractivity contribution in [2.45, 2.75) is 58.4 Å². The van der Waals surface area contributed by atoms with Crippen LogP contribution in [0.2, 0.25) is 0 Å². The van der Waals surface area contributed by atoms with Gasteiger partial charge in [-0.15, -0.1) is 0 Å². The number of carbonyl (C=O) groups is 1. The van der Waals surface area contributed by atoms with E-state index in [1.165, 1.54) is 38.5 Å². The molecule has 2 atom stereocenters. The topological polar surface area (TPSA) is 32.3 Å². The molecule has 0 aliphatic heterocycles. The number of nitrogens with zero attached hydrogens (tertiary/aromatic N) is 1. The summed E-state index contributed by atoms with van der Waals surface area (Å²) in [5.41, 5.74) is 0. The van der Waals surface area contributed by atoms with E-state index in [-0.39, 0.29) is 0 Å². The fourth-order valence-corrected chi connectivity index (χ4v) is 3.19. The van der Waals surface area contributed by atoms with Crippen molar-refractivity contribution in [3.8, 4) is 0 Å². The Morgan fingerprint density at radius 1 is 1.22 bits per heavy atom. The maximum atomic E-state index is 12.0. The molecular formula is C15H28N2O. The molecule has 0 heterocycles. The van der Waals surface area contributed by atoms with Crippen molar-refractivity contribution in [1.82, 2.24) is 10.2 Å². The fraction of sp³-hybridized carbons (Fsp3) is 0.933. The van der Waals surface area contributed by atoms with Gasteiger partial charge >= 0.3 is 0 Å². The first-order valence-electron chi connectivity index (χ1n) is 7.72. The van der Waals surface area contributed by atoms with E-state index < -0.39 is 0 Å². The second kappa shape index (κ2) is 6.55. The number of hydrogen-bond donors (Lipinski definition) is 1. The van der Waals surface area contributed by atoms with Crippen molar-refractivity contribution in [3.05, 3.63) is 0 Å². The van der Waals surface area contributed by atoms with Crippen LogP contribution in [0, 0.1) is 11.8 Å². The molecule has 0 aromatic rings. The summed E-state index contributed by atoms with van der Waals surface area (Å²) in [6.07, 6.45) is 7.88. The monoisotopic (exact) mass is 252 g/mol. The predicted molar refractivity (Wildman–Crippen MR) is 74.4 cm³/mol. The molecule has 0 spiro atoms. The van der Waals surface area contributed by atoms with E-state index in [1.54, 1.807) is 0 Å². The van der Waals surface area contributed by atoms with Crippen LogP contribution in [0.3, 0.4) is 0 Å². The van der Waals surface area contributed by atoms with Crippen LogP contribution < -0.4 is 5.32 Å². The summed E-state index contributed by atoms with van der Waals surface area (Å²) >= 11 is 0. The number of likely N-dealkylation sites (N-methyl/N-ethyl adjacent to an activating group) is 1. The molecule has 2 aliphatic carbocycles. The van der Waals surface area contributed by atoms with Crippen molar-refractivity contribution < 1.29 is 4.79 Å². The van der Waals surface area contributed by atoms with Crippen LogP contribution in [-0.2, 0) is 4.79 Å². The highest BCUT2D eigenvalue weighted by Gasteiger charge is 2.31. The molecule has 18 heavy (non-hydrogen) atoms. The van der Waals surface area contributed by atoms with Gasteiger partial charge in [-0.2, -0.15) is 0 Å². The average Bonchev–Trinajstić information content (AvgIpc) is 3.17. The molecule has 2 aliphatic rings. The van der Waals surface area contributed by atoms with Crippen LogP contribution in [0.25, 0.3) is 0 Å². The zero-order valence-corrected chi connectivity index (χ0v) is 12.0. The summed E-state index contributed by atoms with van der Waals surface area (Å²) in [5.74, 6) is 1.90. The van der Waals surface area contributed by atoms with Crippen LogP contribution in [0.15, 0.2) is 0 Å². The minimum Gasteiger partial charge on any atom is -0.339 e. The van der Waals surface area contributed by atoms with Gasteiger partial charge in [-0.25, -0.2) is 0 Å². The molecule has 0 aromatic carbocycles. The number of hydrogen-bond acceptors (Lipinski definition) is 2.